The zero-order valence-electron chi connectivity index (χ0n) is 13.5. The van der Waals surface area contributed by atoms with Crippen LogP contribution in [-0.2, 0) is 21.4 Å². The number of carbonyl (C=O) groups excluding carboxylic acids is 1. The van der Waals surface area contributed by atoms with Gasteiger partial charge in [-0.25, -0.2) is 0 Å². The molecule has 4 heteroatoms. The fraction of sp³-hybridized carbons (Fsp3) is 0.632. The molecule has 1 spiro atoms. The summed E-state index contributed by atoms with van der Waals surface area (Å²) in [5.74, 6) is 0.463. The van der Waals surface area contributed by atoms with E-state index in [1.165, 1.54) is 11.1 Å². The Morgan fingerprint density at radius 1 is 1.35 bits per heavy atom. The third-order valence-corrected chi connectivity index (χ3v) is 6.08. The van der Waals surface area contributed by atoms with Crippen LogP contribution in [0.25, 0.3) is 0 Å². The lowest BCUT2D eigenvalue weighted by atomic mass is 9.93. The van der Waals surface area contributed by atoms with Crippen molar-refractivity contribution in [1.82, 2.24) is 5.32 Å². The minimum atomic E-state index is -0.451. The number of aryl methyl sites for hydroxylation is 1. The molecular formula is C19H25NO3. The molecule has 23 heavy (non-hydrogen) atoms. The number of benzene rings is 1. The summed E-state index contributed by atoms with van der Waals surface area (Å²) in [7, 11) is 0. The second kappa shape index (κ2) is 5.91. The average molecular weight is 315 g/mol. The third kappa shape index (κ3) is 2.68. The quantitative estimate of drug-likeness (QED) is 0.891. The van der Waals surface area contributed by atoms with Crippen LogP contribution in [0.3, 0.4) is 0 Å². The first-order valence-corrected chi connectivity index (χ1v) is 8.82. The number of ether oxygens (including phenoxy) is 1. The van der Waals surface area contributed by atoms with Gasteiger partial charge in [0.2, 0.25) is 5.91 Å². The number of amides is 1. The Bertz CT molecular complexity index is 596. The van der Waals surface area contributed by atoms with Crippen LogP contribution in [0.2, 0.25) is 0 Å². The van der Waals surface area contributed by atoms with Crippen LogP contribution in [0.1, 0.15) is 36.8 Å². The fourth-order valence-corrected chi connectivity index (χ4v) is 4.53. The lowest BCUT2D eigenvalue weighted by molar-refractivity contribution is -0.123. The number of aliphatic hydroxyl groups is 1. The molecule has 2 aliphatic carbocycles. The van der Waals surface area contributed by atoms with E-state index in [1.807, 2.05) is 0 Å². The molecule has 1 saturated carbocycles. The maximum Gasteiger partial charge on any atom is 0.224 e. The van der Waals surface area contributed by atoms with E-state index in [0.29, 0.717) is 6.54 Å². The fourth-order valence-electron chi connectivity index (χ4n) is 4.53. The van der Waals surface area contributed by atoms with Crippen molar-refractivity contribution in [3.63, 3.8) is 0 Å². The van der Waals surface area contributed by atoms with Gasteiger partial charge < -0.3 is 15.2 Å². The molecule has 0 aromatic heterocycles. The predicted molar refractivity (Wildman–Crippen MR) is 87.1 cm³/mol. The number of rotatable bonds is 4. The lowest BCUT2D eigenvalue weighted by Crippen LogP contribution is -2.39. The summed E-state index contributed by atoms with van der Waals surface area (Å²) in [4.78, 5) is 12.5. The molecule has 1 aromatic carbocycles. The van der Waals surface area contributed by atoms with Gasteiger partial charge in [0, 0.05) is 31.1 Å². The lowest BCUT2D eigenvalue weighted by Gasteiger charge is -2.26. The minimum Gasteiger partial charge on any atom is -0.391 e. The molecule has 1 aliphatic heterocycles. The highest BCUT2D eigenvalue weighted by Gasteiger charge is 2.61. The van der Waals surface area contributed by atoms with Crippen molar-refractivity contribution in [2.24, 2.45) is 11.8 Å². The Kier molecular flexibility index (Phi) is 3.90. The van der Waals surface area contributed by atoms with E-state index in [1.54, 1.807) is 0 Å². The molecule has 3 aliphatic rings. The van der Waals surface area contributed by atoms with Gasteiger partial charge in [-0.3, -0.25) is 4.79 Å². The summed E-state index contributed by atoms with van der Waals surface area (Å²) in [6.07, 6.45) is 4.46. The maximum absolute atomic E-state index is 12.5. The highest BCUT2D eigenvalue weighted by atomic mass is 16.5. The van der Waals surface area contributed by atoms with E-state index in [9.17, 15) is 9.90 Å². The number of hydrogen-bond acceptors (Lipinski definition) is 3. The molecule has 0 unspecified atom stereocenters. The summed E-state index contributed by atoms with van der Waals surface area (Å²) in [6.45, 7) is 1.81. The van der Waals surface area contributed by atoms with Gasteiger partial charge in [-0.2, -0.15) is 0 Å². The van der Waals surface area contributed by atoms with Crippen molar-refractivity contribution in [3.8, 4) is 0 Å². The third-order valence-electron chi connectivity index (χ3n) is 6.08. The first-order valence-electron chi connectivity index (χ1n) is 8.82. The van der Waals surface area contributed by atoms with Crippen LogP contribution in [0, 0.1) is 11.8 Å². The van der Waals surface area contributed by atoms with Crippen molar-refractivity contribution >= 4 is 5.91 Å². The minimum absolute atomic E-state index is 0.0876. The smallest absolute Gasteiger partial charge is 0.224 e. The van der Waals surface area contributed by atoms with E-state index in [4.69, 9.17) is 4.74 Å². The zero-order valence-corrected chi connectivity index (χ0v) is 13.5. The van der Waals surface area contributed by atoms with Gasteiger partial charge in [0.25, 0.3) is 0 Å². The summed E-state index contributed by atoms with van der Waals surface area (Å²) >= 11 is 0. The summed E-state index contributed by atoms with van der Waals surface area (Å²) in [6, 6.07) is 8.53. The van der Waals surface area contributed by atoms with Crippen molar-refractivity contribution in [2.45, 2.75) is 43.6 Å². The molecule has 2 fully saturated rings. The van der Waals surface area contributed by atoms with Crippen LogP contribution >= 0.6 is 0 Å². The molecule has 1 heterocycles. The van der Waals surface area contributed by atoms with Gasteiger partial charge in [0.15, 0.2) is 0 Å². The van der Waals surface area contributed by atoms with Gasteiger partial charge in [-0.1, -0.05) is 24.3 Å². The van der Waals surface area contributed by atoms with Crippen molar-refractivity contribution in [3.05, 3.63) is 35.4 Å². The van der Waals surface area contributed by atoms with Crippen molar-refractivity contribution < 1.29 is 14.6 Å². The SMILES string of the molecule is O=C(NC[C@H](O)C1CCOCC1)[C@H]1C[C@]12CCc1ccccc12. The van der Waals surface area contributed by atoms with Crippen LogP contribution < -0.4 is 5.32 Å². The number of hydrogen-bond donors (Lipinski definition) is 2. The predicted octanol–water partition coefficient (Wildman–Crippen LogP) is 1.79. The molecule has 4 nitrogen and oxygen atoms in total. The van der Waals surface area contributed by atoms with Gasteiger partial charge in [-0.15, -0.1) is 0 Å². The van der Waals surface area contributed by atoms with E-state index < -0.39 is 6.10 Å². The number of carbonyl (C=O) groups is 1. The average Bonchev–Trinajstić information content (AvgIpc) is 3.22. The van der Waals surface area contributed by atoms with Gasteiger partial charge in [0.05, 0.1) is 6.10 Å². The number of nitrogens with one attached hydrogen (secondary N) is 1. The van der Waals surface area contributed by atoms with E-state index >= 15 is 0 Å². The summed E-state index contributed by atoms with van der Waals surface area (Å²) < 4.78 is 5.32. The number of aliphatic hydroxyl groups excluding tert-OH is 1. The molecule has 124 valence electrons. The van der Waals surface area contributed by atoms with Crippen molar-refractivity contribution in [2.75, 3.05) is 19.8 Å². The first kappa shape index (κ1) is 15.2. The van der Waals surface area contributed by atoms with E-state index in [-0.39, 0.29) is 23.2 Å². The van der Waals surface area contributed by atoms with Gasteiger partial charge in [-0.05, 0) is 49.1 Å². The highest BCUT2D eigenvalue weighted by molar-refractivity contribution is 5.85. The van der Waals surface area contributed by atoms with Crippen LogP contribution in [0.15, 0.2) is 24.3 Å². The normalized spacial score (nSPS) is 30.9. The molecule has 1 aromatic rings. The number of fused-ring (bicyclic) bond motifs is 2. The molecule has 4 rings (SSSR count). The van der Waals surface area contributed by atoms with Gasteiger partial charge >= 0.3 is 0 Å². The standard InChI is InChI=1S/C19H25NO3/c21-17(14-6-9-23-10-7-14)12-20-18(22)16-11-19(16)8-5-13-3-1-2-4-15(13)19/h1-4,14,16-17,21H,5-12H2,(H,20,22)/t16-,17+,19+/m1/s1. The Labute approximate surface area is 137 Å². The van der Waals surface area contributed by atoms with Crippen molar-refractivity contribution in [1.29, 1.82) is 0 Å². The Balaban J connectivity index is 1.33. The Morgan fingerprint density at radius 2 is 2.13 bits per heavy atom. The molecule has 2 N–H and O–H groups in total. The Hall–Kier alpha value is -1.39. The van der Waals surface area contributed by atoms with E-state index in [0.717, 1.165) is 45.3 Å². The topological polar surface area (TPSA) is 58.6 Å². The van der Waals surface area contributed by atoms with Crippen LogP contribution in [0.4, 0.5) is 0 Å². The maximum atomic E-state index is 12.5. The molecule has 0 bridgehead atoms. The first-order chi connectivity index (χ1) is 11.2. The Morgan fingerprint density at radius 3 is 2.96 bits per heavy atom. The second-order valence-corrected chi connectivity index (χ2v) is 7.33. The highest BCUT2D eigenvalue weighted by Crippen LogP contribution is 2.61. The zero-order chi connectivity index (χ0) is 15.9. The molecular weight excluding hydrogens is 290 g/mol. The molecule has 3 atom stereocenters. The molecule has 1 saturated heterocycles. The van der Waals surface area contributed by atoms with Gasteiger partial charge in [0.1, 0.15) is 0 Å². The van der Waals surface area contributed by atoms with E-state index in [2.05, 4.69) is 29.6 Å². The monoisotopic (exact) mass is 315 g/mol. The second-order valence-electron chi connectivity index (χ2n) is 7.33. The summed E-state index contributed by atoms with van der Waals surface area (Å²) in [5.41, 5.74) is 2.87. The van der Waals surface area contributed by atoms with Crippen LogP contribution in [-0.4, -0.2) is 36.9 Å². The summed E-state index contributed by atoms with van der Waals surface area (Å²) in [5, 5.41) is 13.3. The molecule has 0 radical (unpaired) electrons. The molecule has 1 amide bonds. The van der Waals surface area contributed by atoms with Crippen LogP contribution in [0.5, 0.6) is 0 Å². The largest absolute Gasteiger partial charge is 0.391 e.